The first-order valence-corrected chi connectivity index (χ1v) is 10.5. The molecule has 1 heterocycles. The normalized spacial score (nSPS) is 11.1. The smallest absolute Gasteiger partial charge is 0.121 e. The van der Waals surface area contributed by atoms with Gasteiger partial charge in [-0.15, -0.1) is 10.2 Å². The van der Waals surface area contributed by atoms with Crippen molar-refractivity contribution in [2.45, 2.75) is 27.7 Å². The van der Waals surface area contributed by atoms with Crippen molar-refractivity contribution < 1.29 is 0 Å². The average Bonchev–Trinajstić information content (AvgIpc) is 3.26. The van der Waals surface area contributed by atoms with Crippen LogP contribution in [-0.2, 0) is 0 Å². The Kier molecular flexibility index (Phi) is 5.85. The van der Waals surface area contributed by atoms with Crippen molar-refractivity contribution in [3.05, 3.63) is 90.0 Å². The van der Waals surface area contributed by atoms with E-state index in [1.165, 1.54) is 11.1 Å². The molecule has 0 aliphatic heterocycles. The standard InChI is InChI=1S/C24H19N5.C2H6/c1-16-7-9-20(15-17(16)2)26-25-19-10-12-21(13-11-19)29-27-23-14-8-18-5-3-4-6-22(18)24(23)28-29;1-2/h3-15H,1-2H3;1-2H3. The molecule has 0 fully saturated rings. The number of aryl methyl sites for hydroxylation is 2. The molecule has 0 unspecified atom stereocenters. The van der Waals surface area contributed by atoms with Crippen molar-refractivity contribution in [2.24, 2.45) is 10.2 Å². The van der Waals surface area contributed by atoms with Gasteiger partial charge in [-0.25, -0.2) is 0 Å². The molecule has 31 heavy (non-hydrogen) atoms. The third-order valence-corrected chi connectivity index (χ3v) is 5.13. The van der Waals surface area contributed by atoms with Gasteiger partial charge in [0.25, 0.3) is 0 Å². The van der Waals surface area contributed by atoms with E-state index in [0.29, 0.717) is 0 Å². The molecule has 0 aliphatic carbocycles. The van der Waals surface area contributed by atoms with E-state index in [2.05, 4.69) is 53.4 Å². The molecular weight excluding hydrogens is 382 g/mol. The second-order valence-electron chi connectivity index (χ2n) is 7.13. The van der Waals surface area contributed by atoms with Crippen LogP contribution >= 0.6 is 0 Å². The van der Waals surface area contributed by atoms with E-state index in [0.717, 1.165) is 38.9 Å². The van der Waals surface area contributed by atoms with Gasteiger partial charge in [0.1, 0.15) is 11.0 Å². The second-order valence-corrected chi connectivity index (χ2v) is 7.13. The molecule has 0 radical (unpaired) electrons. The lowest BCUT2D eigenvalue weighted by Gasteiger charge is -2.01. The van der Waals surface area contributed by atoms with Crippen LogP contribution in [0.4, 0.5) is 11.4 Å². The Hall–Kier alpha value is -3.86. The molecule has 5 nitrogen and oxygen atoms in total. The van der Waals surface area contributed by atoms with Gasteiger partial charge >= 0.3 is 0 Å². The van der Waals surface area contributed by atoms with E-state index < -0.39 is 0 Å². The number of azo groups is 1. The topological polar surface area (TPSA) is 55.4 Å². The van der Waals surface area contributed by atoms with Gasteiger partial charge in [0.2, 0.25) is 0 Å². The average molecular weight is 408 g/mol. The van der Waals surface area contributed by atoms with E-state index in [4.69, 9.17) is 5.10 Å². The maximum Gasteiger partial charge on any atom is 0.121 e. The Bertz CT molecular complexity index is 1360. The number of hydrogen-bond acceptors (Lipinski definition) is 4. The molecule has 0 aliphatic rings. The summed E-state index contributed by atoms with van der Waals surface area (Å²) in [6, 6.07) is 26.1. The first kappa shape index (κ1) is 20.4. The third-order valence-electron chi connectivity index (χ3n) is 5.13. The van der Waals surface area contributed by atoms with Crippen molar-refractivity contribution in [1.29, 1.82) is 0 Å². The molecule has 154 valence electrons. The van der Waals surface area contributed by atoms with Gasteiger partial charge in [0.05, 0.1) is 17.1 Å². The molecule has 0 N–H and O–H groups in total. The molecule has 5 heteroatoms. The van der Waals surface area contributed by atoms with E-state index in [9.17, 15) is 0 Å². The minimum atomic E-state index is 0.786. The Morgan fingerprint density at radius 3 is 2.16 bits per heavy atom. The van der Waals surface area contributed by atoms with E-state index in [1.807, 2.05) is 68.4 Å². The minimum absolute atomic E-state index is 0.786. The maximum atomic E-state index is 4.70. The maximum absolute atomic E-state index is 4.70. The predicted molar refractivity (Wildman–Crippen MR) is 128 cm³/mol. The van der Waals surface area contributed by atoms with Crippen LogP contribution in [0.5, 0.6) is 0 Å². The fraction of sp³-hybridized carbons (Fsp3) is 0.154. The first-order valence-electron chi connectivity index (χ1n) is 10.5. The van der Waals surface area contributed by atoms with Crippen molar-refractivity contribution >= 4 is 33.2 Å². The Labute approximate surface area is 182 Å². The van der Waals surface area contributed by atoms with E-state index >= 15 is 0 Å². The largest absolute Gasteiger partial charge is 0.151 e. The summed E-state index contributed by atoms with van der Waals surface area (Å²) in [7, 11) is 0. The Morgan fingerprint density at radius 1 is 0.677 bits per heavy atom. The molecule has 4 aromatic carbocycles. The summed E-state index contributed by atoms with van der Waals surface area (Å²) in [6.45, 7) is 8.16. The van der Waals surface area contributed by atoms with Gasteiger partial charge in [0.15, 0.2) is 0 Å². The fourth-order valence-electron chi connectivity index (χ4n) is 3.32. The minimum Gasteiger partial charge on any atom is -0.151 e. The van der Waals surface area contributed by atoms with Crippen molar-refractivity contribution in [1.82, 2.24) is 15.0 Å². The molecule has 0 spiro atoms. The van der Waals surface area contributed by atoms with Gasteiger partial charge in [-0.3, -0.25) is 0 Å². The van der Waals surface area contributed by atoms with E-state index in [1.54, 1.807) is 4.80 Å². The summed E-state index contributed by atoms with van der Waals surface area (Å²) in [5.74, 6) is 0. The quantitative estimate of drug-likeness (QED) is 0.289. The number of hydrogen-bond donors (Lipinski definition) is 0. The van der Waals surface area contributed by atoms with Crippen LogP contribution in [-0.4, -0.2) is 15.0 Å². The zero-order valence-electron chi connectivity index (χ0n) is 18.2. The first-order chi connectivity index (χ1) is 15.2. The lowest BCUT2D eigenvalue weighted by Crippen LogP contribution is -1.97. The van der Waals surface area contributed by atoms with Gasteiger partial charge in [-0.2, -0.15) is 15.0 Å². The number of fused-ring (bicyclic) bond motifs is 3. The van der Waals surface area contributed by atoms with Crippen LogP contribution in [0.15, 0.2) is 89.1 Å². The van der Waals surface area contributed by atoms with Crippen LogP contribution in [0, 0.1) is 13.8 Å². The number of rotatable bonds is 3. The van der Waals surface area contributed by atoms with Crippen LogP contribution < -0.4 is 0 Å². The molecule has 0 saturated heterocycles. The Morgan fingerprint density at radius 2 is 1.39 bits per heavy atom. The molecule has 5 aromatic rings. The van der Waals surface area contributed by atoms with E-state index in [-0.39, 0.29) is 0 Å². The SMILES string of the molecule is CC.Cc1ccc(N=Nc2ccc(-n3nc4ccc5ccccc5c4n3)cc2)cc1C. The second kappa shape index (κ2) is 8.88. The third kappa shape index (κ3) is 4.21. The summed E-state index contributed by atoms with van der Waals surface area (Å²) in [5.41, 5.74) is 6.76. The van der Waals surface area contributed by atoms with Crippen molar-refractivity contribution in [3.63, 3.8) is 0 Å². The van der Waals surface area contributed by atoms with Gasteiger partial charge in [-0.05, 0) is 72.8 Å². The molecule has 5 rings (SSSR count). The highest BCUT2D eigenvalue weighted by Crippen LogP contribution is 2.25. The van der Waals surface area contributed by atoms with Crippen LogP contribution in [0.2, 0.25) is 0 Å². The molecule has 0 atom stereocenters. The fourth-order valence-corrected chi connectivity index (χ4v) is 3.32. The lowest BCUT2D eigenvalue weighted by atomic mass is 10.1. The molecule has 0 bridgehead atoms. The van der Waals surface area contributed by atoms with Gasteiger partial charge in [-0.1, -0.05) is 50.2 Å². The van der Waals surface area contributed by atoms with Gasteiger partial charge < -0.3 is 0 Å². The van der Waals surface area contributed by atoms with Crippen molar-refractivity contribution in [2.75, 3.05) is 0 Å². The van der Waals surface area contributed by atoms with Crippen molar-refractivity contribution in [3.8, 4) is 5.69 Å². The highest BCUT2D eigenvalue weighted by atomic mass is 15.5. The highest BCUT2D eigenvalue weighted by Gasteiger charge is 2.08. The number of aromatic nitrogens is 3. The summed E-state index contributed by atoms with van der Waals surface area (Å²) < 4.78 is 0. The summed E-state index contributed by atoms with van der Waals surface area (Å²) in [4.78, 5) is 1.67. The lowest BCUT2D eigenvalue weighted by molar-refractivity contribution is 0.766. The summed E-state index contributed by atoms with van der Waals surface area (Å²) in [6.07, 6.45) is 0. The molecule has 1 aromatic heterocycles. The predicted octanol–water partition coefficient (Wildman–Crippen LogP) is 7.63. The summed E-state index contributed by atoms with van der Waals surface area (Å²) in [5, 5.41) is 20.3. The molecule has 0 saturated carbocycles. The zero-order valence-corrected chi connectivity index (χ0v) is 18.2. The van der Waals surface area contributed by atoms with Crippen LogP contribution in [0.1, 0.15) is 25.0 Å². The number of benzene rings is 4. The van der Waals surface area contributed by atoms with Crippen LogP contribution in [0.3, 0.4) is 0 Å². The molecule has 0 amide bonds. The number of nitrogens with zero attached hydrogens (tertiary/aromatic N) is 5. The summed E-state index contributed by atoms with van der Waals surface area (Å²) >= 11 is 0. The highest BCUT2D eigenvalue weighted by molar-refractivity contribution is 6.03. The van der Waals surface area contributed by atoms with Gasteiger partial charge in [0, 0.05) is 5.39 Å². The van der Waals surface area contributed by atoms with Crippen LogP contribution in [0.25, 0.3) is 27.5 Å². The monoisotopic (exact) mass is 407 g/mol. The Balaban J connectivity index is 0.00000112. The molecular formula is C26H25N5. The zero-order chi connectivity index (χ0) is 21.8.